The molecule has 3 heteroatoms. The zero-order valence-electron chi connectivity index (χ0n) is 9.74. The molecule has 1 aliphatic heterocycles. The first-order valence-electron chi connectivity index (χ1n) is 6.10. The lowest BCUT2D eigenvalue weighted by Gasteiger charge is -2.36. The third kappa shape index (κ3) is 1.41. The van der Waals surface area contributed by atoms with Crippen LogP contribution in [-0.4, -0.2) is 23.8 Å². The summed E-state index contributed by atoms with van der Waals surface area (Å²) < 4.78 is 0. The number of nitrogens with one attached hydrogen (secondary N) is 1. The fourth-order valence-electron chi connectivity index (χ4n) is 3.21. The predicted octanol–water partition coefficient (Wildman–Crippen LogP) is 1.02. The van der Waals surface area contributed by atoms with Crippen LogP contribution in [0.3, 0.4) is 0 Å². The van der Waals surface area contributed by atoms with Gasteiger partial charge in [-0.15, -0.1) is 0 Å². The van der Waals surface area contributed by atoms with Crippen molar-refractivity contribution in [3.8, 4) is 6.07 Å². The number of aliphatic hydroxyl groups is 1. The molecule has 0 bridgehead atoms. The molecule has 1 fully saturated rings. The third-order valence-electron chi connectivity index (χ3n) is 4.34. The van der Waals surface area contributed by atoms with Crippen LogP contribution in [0, 0.1) is 16.7 Å². The molecule has 1 aromatic carbocycles. The second-order valence-corrected chi connectivity index (χ2v) is 5.27. The Morgan fingerprint density at radius 1 is 1.24 bits per heavy atom. The van der Waals surface area contributed by atoms with Crippen molar-refractivity contribution in [3.05, 3.63) is 35.4 Å². The van der Waals surface area contributed by atoms with E-state index in [0.717, 1.165) is 6.54 Å². The molecule has 1 unspecified atom stereocenters. The van der Waals surface area contributed by atoms with E-state index in [1.54, 1.807) is 0 Å². The molecule has 3 nitrogen and oxygen atoms in total. The van der Waals surface area contributed by atoms with Crippen molar-refractivity contribution < 1.29 is 5.11 Å². The van der Waals surface area contributed by atoms with Crippen LogP contribution < -0.4 is 5.32 Å². The summed E-state index contributed by atoms with van der Waals surface area (Å²) in [5, 5.41) is 23.5. The van der Waals surface area contributed by atoms with Crippen molar-refractivity contribution in [2.75, 3.05) is 13.1 Å². The molecule has 0 aromatic heterocycles. The maximum atomic E-state index is 10.7. The van der Waals surface area contributed by atoms with Gasteiger partial charge in [0.2, 0.25) is 0 Å². The zero-order valence-corrected chi connectivity index (χ0v) is 9.74. The molecule has 1 saturated heterocycles. The van der Waals surface area contributed by atoms with Gasteiger partial charge in [-0.3, -0.25) is 0 Å². The summed E-state index contributed by atoms with van der Waals surface area (Å²) in [5.74, 6) is 0. The number of benzene rings is 1. The molecule has 1 atom stereocenters. The lowest BCUT2D eigenvalue weighted by molar-refractivity contribution is -0.0332. The van der Waals surface area contributed by atoms with Crippen LogP contribution in [0.1, 0.15) is 17.5 Å². The molecule has 1 aliphatic carbocycles. The van der Waals surface area contributed by atoms with E-state index in [0.29, 0.717) is 25.8 Å². The van der Waals surface area contributed by atoms with Crippen LogP contribution in [0.25, 0.3) is 0 Å². The van der Waals surface area contributed by atoms with Gasteiger partial charge >= 0.3 is 0 Å². The molecule has 17 heavy (non-hydrogen) atoms. The number of nitriles is 1. The number of nitrogens with zero attached hydrogens (tertiary/aromatic N) is 1. The standard InChI is InChI=1S/C14H16N2O/c15-9-13(14(17)5-6-16-10-14)7-11-3-1-2-4-12(11)8-13/h1-4,16-17H,5-8,10H2. The Balaban J connectivity index is 2.01. The zero-order chi connectivity index (χ0) is 11.9. The summed E-state index contributed by atoms with van der Waals surface area (Å²) in [5.41, 5.74) is 0.921. The molecule has 1 aromatic rings. The van der Waals surface area contributed by atoms with Crippen molar-refractivity contribution >= 4 is 0 Å². The number of rotatable bonds is 1. The van der Waals surface area contributed by atoms with E-state index in [9.17, 15) is 10.4 Å². The van der Waals surface area contributed by atoms with Crippen LogP contribution in [0.2, 0.25) is 0 Å². The third-order valence-corrected chi connectivity index (χ3v) is 4.34. The lowest BCUT2D eigenvalue weighted by atomic mass is 9.70. The molecule has 3 rings (SSSR count). The summed E-state index contributed by atoms with van der Waals surface area (Å²) in [6.07, 6.45) is 2.03. The molecule has 88 valence electrons. The quantitative estimate of drug-likeness (QED) is 0.754. The van der Waals surface area contributed by atoms with Gasteiger partial charge < -0.3 is 10.4 Å². The van der Waals surface area contributed by atoms with E-state index >= 15 is 0 Å². The van der Waals surface area contributed by atoms with Gasteiger partial charge in [-0.05, 0) is 36.9 Å². The Kier molecular flexibility index (Phi) is 2.25. The smallest absolute Gasteiger partial charge is 0.0975 e. The summed E-state index contributed by atoms with van der Waals surface area (Å²) in [6, 6.07) is 10.6. The molecule has 1 heterocycles. The first-order chi connectivity index (χ1) is 8.19. The Labute approximate surface area is 101 Å². The van der Waals surface area contributed by atoms with Gasteiger partial charge in [-0.1, -0.05) is 24.3 Å². The fourth-order valence-corrected chi connectivity index (χ4v) is 3.21. The molecule has 2 aliphatic rings. The van der Waals surface area contributed by atoms with Crippen molar-refractivity contribution in [2.24, 2.45) is 5.41 Å². The Hall–Kier alpha value is -1.37. The van der Waals surface area contributed by atoms with Gasteiger partial charge in [-0.2, -0.15) is 5.26 Å². The van der Waals surface area contributed by atoms with Gasteiger partial charge in [0.05, 0.1) is 17.1 Å². The Morgan fingerprint density at radius 2 is 1.88 bits per heavy atom. The number of hydrogen-bond acceptors (Lipinski definition) is 3. The summed E-state index contributed by atoms with van der Waals surface area (Å²) >= 11 is 0. The van der Waals surface area contributed by atoms with E-state index in [2.05, 4.69) is 23.5 Å². The van der Waals surface area contributed by atoms with Crippen molar-refractivity contribution in [1.82, 2.24) is 5.32 Å². The first-order valence-corrected chi connectivity index (χ1v) is 6.10. The summed E-state index contributed by atoms with van der Waals surface area (Å²) in [7, 11) is 0. The molecule has 0 radical (unpaired) electrons. The molecular weight excluding hydrogens is 212 g/mol. The van der Waals surface area contributed by atoms with E-state index in [-0.39, 0.29) is 0 Å². The van der Waals surface area contributed by atoms with Crippen LogP contribution >= 0.6 is 0 Å². The van der Waals surface area contributed by atoms with Gasteiger partial charge in [-0.25, -0.2) is 0 Å². The van der Waals surface area contributed by atoms with E-state index in [4.69, 9.17) is 0 Å². The maximum Gasteiger partial charge on any atom is 0.0975 e. The Bertz CT molecular complexity index is 458. The fraction of sp³-hybridized carbons (Fsp3) is 0.500. The highest BCUT2D eigenvalue weighted by Gasteiger charge is 2.55. The molecule has 2 N–H and O–H groups in total. The average molecular weight is 228 g/mol. The highest BCUT2D eigenvalue weighted by Crippen LogP contribution is 2.46. The predicted molar refractivity (Wildman–Crippen MR) is 64.3 cm³/mol. The van der Waals surface area contributed by atoms with E-state index in [1.807, 2.05) is 12.1 Å². The molecular formula is C14H16N2O. The van der Waals surface area contributed by atoms with E-state index in [1.165, 1.54) is 11.1 Å². The summed E-state index contributed by atoms with van der Waals surface area (Å²) in [4.78, 5) is 0. The van der Waals surface area contributed by atoms with Gasteiger partial charge in [0.25, 0.3) is 0 Å². The summed E-state index contributed by atoms with van der Waals surface area (Å²) in [6.45, 7) is 1.34. The normalized spacial score (nSPS) is 29.9. The highest BCUT2D eigenvalue weighted by molar-refractivity contribution is 5.39. The minimum atomic E-state index is -0.874. The number of fused-ring (bicyclic) bond motifs is 1. The minimum absolute atomic E-state index is 0.536. The monoisotopic (exact) mass is 228 g/mol. The van der Waals surface area contributed by atoms with Crippen LogP contribution in [0.4, 0.5) is 0 Å². The minimum Gasteiger partial charge on any atom is -0.387 e. The van der Waals surface area contributed by atoms with E-state index < -0.39 is 11.0 Å². The topological polar surface area (TPSA) is 56.0 Å². The van der Waals surface area contributed by atoms with Gasteiger partial charge in [0.1, 0.15) is 0 Å². The average Bonchev–Trinajstić information content (AvgIpc) is 2.94. The molecule has 0 amide bonds. The maximum absolute atomic E-state index is 10.7. The second kappa shape index (κ2) is 3.56. The van der Waals surface area contributed by atoms with Crippen molar-refractivity contribution in [1.29, 1.82) is 5.26 Å². The van der Waals surface area contributed by atoms with Crippen LogP contribution in [0.15, 0.2) is 24.3 Å². The highest BCUT2D eigenvalue weighted by atomic mass is 16.3. The number of β-amino-alcohol motifs (C(OH)–C–C–N with tert-alkyl or cyclic N) is 1. The number of hydrogen-bond donors (Lipinski definition) is 2. The van der Waals surface area contributed by atoms with Crippen molar-refractivity contribution in [3.63, 3.8) is 0 Å². The second-order valence-electron chi connectivity index (χ2n) is 5.27. The molecule has 0 saturated carbocycles. The van der Waals surface area contributed by atoms with Gasteiger partial charge in [0.15, 0.2) is 0 Å². The first kappa shape index (κ1) is 10.8. The van der Waals surface area contributed by atoms with Crippen LogP contribution in [0.5, 0.6) is 0 Å². The van der Waals surface area contributed by atoms with Crippen molar-refractivity contribution in [2.45, 2.75) is 24.9 Å². The van der Waals surface area contributed by atoms with Crippen LogP contribution in [-0.2, 0) is 12.8 Å². The molecule has 0 spiro atoms. The SMILES string of the molecule is N#CC1(C2(O)CCNC2)Cc2ccccc2C1. The van der Waals surface area contributed by atoms with Gasteiger partial charge in [0, 0.05) is 6.54 Å². The largest absolute Gasteiger partial charge is 0.387 e. The lowest BCUT2D eigenvalue weighted by Crippen LogP contribution is -2.50. The Morgan fingerprint density at radius 3 is 2.35 bits per heavy atom.